The van der Waals surface area contributed by atoms with Crippen LogP contribution in [0.5, 0.6) is 0 Å². The van der Waals surface area contributed by atoms with E-state index in [0.717, 1.165) is 0 Å². The van der Waals surface area contributed by atoms with E-state index in [9.17, 15) is 9.59 Å². The lowest BCUT2D eigenvalue weighted by Gasteiger charge is -2.09. The van der Waals surface area contributed by atoms with Crippen LogP contribution < -0.4 is 0 Å². The van der Waals surface area contributed by atoms with E-state index in [1.165, 1.54) is 25.6 Å². The number of hydrogen-bond donors (Lipinski definition) is 0. The quantitative estimate of drug-likeness (QED) is 0.595. The smallest absolute Gasteiger partial charge is 0.304 e. The first-order valence-electron chi connectivity index (χ1n) is 3.54. The van der Waals surface area contributed by atoms with E-state index in [2.05, 4.69) is 0 Å². The van der Waals surface area contributed by atoms with Crippen LogP contribution in [0.15, 0.2) is 0 Å². The second-order valence-corrected chi connectivity index (χ2v) is 3.55. The summed E-state index contributed by atoms with van der Waals surface area (Å²) < 4.78 is 9.86. The molecular formula is C7H10O4S. The van der Waals surface area contributed by atoms with Gasteiger partial charge >= 0.3 is 5.97 Å². The Hall–Kier alpha value is -0.550. The van der Waals surface area contributed by atoms with Gasteiger partial charge in [-0.2, -0.15) is 0 Å². The molecule has 0 aromatic rings. The maximum atomic E-state index is 10.8. The largest absolute Gasteiger partial charge is 0.435 e. The number of ether oxygens (including phenoxy) is 2. The maximum Gasteiger partial charge on any atom is 0.304 e. The minimum absolute atomic E-state index is 0.0466. The van der Waals surface area contributed by atoms with Crippen LogP contribution >= 0.6 is 11.8 Å². The van der Waals surface area contributed by atoms with Crippen LogP contribution in [-0.4, -0.2) is 29.2 Å². The molecule has 1 saturated heterocycles. The highest BCUT2D eigenvalue weighted by molar-refractivity contribution is 8.00. The number of carbonyl (C=O) groups excluding carboxylic acids is 2. The highest BCUT2D eigenvalue weighted by Gasteiger charge is 2.30. The molecule has 12 heavy (non-hydrogen) atoms. The second-order valence-electron chi connectivity index (χ2n) is 2.45. The van der Waals surface area contributed by atoms with Crippen LogP contribution in [0.2, 0.25) is 0 Å². The summed E-state index contributed by atoms with van der Waals surface area (Å²) in [7, 11) is 0. The standard InChI is InChI=1S/C7H10O4S/c1-4(8)7-11-6(3-12-7)10-5(2)9/h6-7H,3H2,1-2H3. The second kappa shape index (κ2) is 3.91. The molecule has 68 valence electrons. The fourth-order valence-electron chi connectivity index (χ4n) is 0.842. The first kappa shape index (κ1) is 9.54. The average Bonchev–Trinajstić information content (AvgIpc) is 2.34. The molecule has 0 spiro atoms. The molecule has 4 nitrogen and oxygen atoms in total. The van der Waals surface area contributed by atoms with Crippen LogP contribution in [-0.2, 0) is 19.1 Å². The van der Waals surface area contributed by atoms with Gasteiger partial charge in [0, 0.05) is 6.92 Å². The van der Waals surface area contributed by atoms with Crippen molar-refractivity contribution in [2.45, 2.75) is 25.6 Å². The molecule has 1 fully saturated rings. The summed E-state index contributed by atoms with van der Waals surface area (Å²) >= 11 is 1.35. The average molecular weight is 190 g/mol. The molecule has 0 radical (unpaired) electrons. The van der Waals surface area contributed by atoms with Gasteiger partial charge in [-0.1, -0.05) is 0 Å². The molecule has 1 aliphatic heterocycles. The van der Waals surface area contributed by atoms with Crippen molar-refractivity contribution in [3.8, 4) is 0 Å². The van der Waals surface area contributed by atoms with Gasteiger partial charge in [-0.05, 0) is 6.92 Å². The number of hydrogen-bond acceptors (Lipinski definition) is 5. The highest BCUT2D eigenvalue weighted by atomic mass is 32.2. The molecule has 0 bridgehead atoms. The van der Waals surface area contributed by atoms with Crippen molar-refractivity contribution in [1.82, 2.24) is 0 Å². The minimum atomic E-state index is -0.554. The van der Waals surface area contributed by atoms with Gasteiger partial charge in [-0.15, -0.1) is 11.8 Å². The number of Topliss-reactive ketones (excluding diaryl/α,β-unsaturated/α-hetero) is 1. The zero-order valence-corrected chi connectivity index (χ0v) is 7.72. The Labute approximate surface area is 74.6 Å². The Kier molecular flexibility index (Phi) is 3.11. The number of carbonyl (C=O) groups is 2. The van der Waals surface area contributed by atoms with Gasteiger partial charge in [0.2, 0.25) is 6.29 Å². The predicted molar refractivity (Wildman–Crippen MR) is 43.6 cm³/mol. The number of rotatable bonds is 2. The SMILES string of the molecule is CC(=O)OC1CSC(C(C)=O)O1. The molecule has 1 aliphatic rings. The summed E-state index contributed by atoms with van der Waals surface area (Å²) in [5, 5.41) is 0. The summed E-state index contributed by atoms with van der Waals surface area (Å²) in [6, 6.07) is 0. The van der Waals surface area contributed by atoms with E-state index >= 15 is 0 Å². The van der Waals surface area contributed by atoms with E-state index in [0.29, 0.717) is 5.75 Å². The lowest BCUT2D eigenvalue weighted by Crippen LogP contribution is -2.21. The third-order valence-corrected chi connectivity index (χ3v) is 2.50. The predicted octanol–water partition coefficient (Wildman–Crippen LogP) is 0.554. The number of ketones is 1. The van der Waals surface area contributed by atoms with Gasteiger partial charge in [0.15, 0.2) is 11.2 Å². The third-order valence-electron chi connectivity index (χ3n) is 1.29. The van der Waals surface area contributed by atoms with Crippen LogP contribution in [0.1, 0.15) is 13.8 Å². The van der Waals surface area contributed by atoms with Crippen LogP contribution in [0.4, 0.5) is 0 Å². The minimum Gasteiger partial charge on any atom is -0.435 e. The van der Waals surface area contributed by atoms with Gasteiger partial charge in [-0.3, -0.25) is 9.59 Å². The summed E-state index contributed by atoms with van der Waals surface area (Å²) in [5.74, 6) is 0.101. The fraction of sp³-hybridized carbons (Fsp3) is 0.714. The van der Waals surface area contributed by atoms with Crippen LogP contribution in [0.3, 0.4) is 0 Å². The van der Waals surface area contributed by atoms with E-state index in [1.807, 2.05) is 0 Å². The summed E-state index contributed by atoms with van der Waals surface area (Å²) in [6.07, 6.45) is -0.554. The molecule has 0 saturated carbocycles. The zero-order chi connectivity index (χ0) is 9.14. The Morgan fingerprint density at radius 3 is 2.58 bits per heavy atom. The molecule has 2 unspecified atom stereocenters. The van der Waals surface area contributed by atoms with Gasteiger partial charge < -0.3 is 9.47 Å². The highest BCUT2D eigenvalue weighted by Crippen LogP contribution is 2.26. The van der Waals surface area contributed by atoms with Gasteiger partial charge in [0.25, 0.3) is 0 Å². The van der Waals surface area contributed by atoms with Crippen molar-refractivity contribution in [2.75, 3.05) is 5.75 Å². The lowest BCUT2D eigenvalue weighted by molar-refractivity contribution is -0.172. The van der Waals surface area contributed by atoms with Crippen molar-refractivity contribution in [1.29, 1.82) is 0 Å². The van der Waals surface area contributed by atoms with E-state index in [-0.39, 0.29) is 11.8 Å². The Balaban J connectivity index is 2.35. The Morgan fingerprint density at radius 1 is 1.50 bits per heavy atom. The van der Waals surface area contributed by atoms with Crippen LogP contribution in [0, 0.1) is 0 Å². The molecule has 5 heteroatoms. The van der Waals surface area contributed by atoms with Crippen molar-refractivity contribution in [2.24, 2.45) is 0 Å². The topological polar surface area (TPSA) is 52.6 Å². The van der Waals surface area contributed by atoms with Crippen LogP contribution in [0.25, 0.3) is 0 Å². The van der Waals surface area contributed by atoms with Gasteiger partial charge in [0.1, 0.15) is 0 Å². The fourth-order valence-corrected chi connectivity index (χ4v) is 1.76. The maximum absolute atomic E-state index is 10.8. The zero-order valence-electron chi connectivity index (χ0n) is 6.90. The molecule has 0 amide bonds. The number of thioether (sulfide) groups is 1. The van der Waals surface area contributed by atoms with Crippen molar-refractivity contribution in [3.05, 3.63) is 0 Å². The van der Waals surface area contributed by atoms with E-state index < -0.39 is 11.7 Å². The van der Waals surface area contributed by atoms with Gasteiger partial charge in [0.05, 0.1) is 5.75 Å². The van der Waals surface area contributed by atoms with E-state index in [4.69, 9.17) is 9.47 Å². The third kappa shape index (κ3) is 2.49. The Morgan fingerprint density at radius 2 is 2.17 bits per heavy atom. The number of esters is 1. The van der Waals surface area contributed by atoms with Crippen molar-refractivity contribution in [3.63, 3.8) is 0 Å². The molecule has 2 atom stereocenters. The van der Waals surface area contributed by atoms with Gasteiger partial charge in [-0.25, -0.2) is 0 Å². The normalized spacial score (nSPS) is 28.5. The molecular weight excluding hydrogens is 180 g/mol. The monoisotopic (exact) mass is 190 g/mol. The van der Waals surface area contributed by atoms with E-state index in [1.54, 1.807) is 0 Å². The molecule has 1 rings (SSSR count). The molecule has 1 heterocycles. The molecule has 0 N–H and O–H groups in total. The summed E-state index contributed by atoms with van der Waals surface area (Å²) in [6.45, 7) is 2.77. The summed E-state index contributed by atoms with van der Waals surface area (Å²) in [4.78, 5) is 21.3. The van der Waals surface area contributed by atoms with Crippen molar-refractivity contribution >= 4 is 23.5 Å². The summed E-state index contributed by atoms with van der Waals surface area (Å²) in [5.41, 5.74) is -0.464. The molecule has 0 aromatic carbocycles. The molecule has 0 aliphatic carbocycles. The molecule has 0 aromatic heterocycles. The van der Waals surface area contributed by atoms with Crippen molar-refractivity contribution < 1.29 is 19.1 Å². The Bertz CT molecular complexity index is 204. The first-order chi connectivity index (χ1) is 5.59. The first-order valence-corrected chi connectivity index (χ1v) is 4.59. The lowest BCUT2D eigenvalue weighted by atomic mass is 10.5.